The van der Waals surface area contributed by atoms with Gasteiger partial charge in [-0.1, -0.05) is 43.1 Å². The molecular weight excluding hydrogens is 592 g/mol. The summed E-state index contributed by atoms with van der Waals surface area (Å²) in [5.74, 6) is -3.05. The molecule has 43 heavy (non-hydrogen) atoms. The summed E-state index contributed by atoms with van der Waals surface area (Å²) in [5.41, 5.74) is 4.38. The monoisotopic (exact) mass is 629 g/mol. The zero-order valence-electron chi connectivity index (χ0n) is 24.8. The van der Waals surface area contributed by atoms with Crippen molar-refractivity contribution in [2.45, 2.75) is 89.1 Å². The normalized spacial score (nSPS) is 32.5. The van der Waals surface area contributed by atoms with Gasteiger partial charge in [-0.3, -0.25) is 14.4 Å². The van der Waals surface area contributed by atoms with E-state index in [0.717, 1.165) is 31.2 Å². The largest absolute Gasteiger partial charge is 0.367 e. The lowest BCUT2D eigenvalue weighted by molar-refractivity contribution is -0.152. The molecular formula is C33H38Cl2FN3O4. The molecule has 3 heterocycles. The number of anilines is 1. The van der Waals surface area contributed by atoms with E-state index in [1.165, 1.54) is 6.20 Å². The van der Waals surface area contributed by atoms with Crippen LogP contribution in [0.3, 0.4) is 0 Å². The predicted octanol–water partition coefficient (Wildman–Crippen LogP) is 6.74. The Morgan fingerprint density at radius 1 is 1.12 bits per heavy atom. The van der Waals surface area contributed by atoms with Crippen LogP contribution in [0, 0.1) is 28.5 Å². The molecule has 5 atom stereocenters. The van der Waals surface area contributed by atoms with E-state index in [2.05, 4.69) is 24.1 Å². The maximum absolute atomic E-state index is 16.1. The highest BCUT2D eigenvalue weighted by Gasteiger charge is 2.72. The van der Waals surface area contributed by atoms with Gasteiger partial charge < -0.3 is 15.8 Å². The average Bonchev–Trinajstić information content (AvgIpc) is 3.41. The summed E-state index contributed by atoms with van der Waals surface area (Å²) < 4.78 is 21.9. The zero-order chi connectivity index (χ0) is 30.9. The zero-order valence-corrected chi connectivity index (χ0v) is 26.3. The number of carbonyl (C=O) groups is 3. The first-order chi connectivity index (χ1) is 20.2. The van der Waals surface area contributed by atoms with Gasteiger partial charge in [0.1, 0.15) is 11.4 Å². The van der Waals surface area contributed by atoms with E-state index in [0.29, 0.717) is 30.0 Å². The molecule has 0 radical (unpaired) electrons. The van der Waals surface area contributed by atoms with Crippen molar-refractivity contribution in [3.05, 3.63) is 57.6 Å². The van der Waals surface area contributed by atoms with Crippen LogP contribution < -0.4 is 11.1 Å². The third kappa shape index (κ3) is 4.70. The van der Waals surface area contributed by atoms with Crippen LogP contribution in [0.15, 0.2) is 30.5 Å². The van der Waals surface area contributed by atoms with E-state index in [-0.39, 0.29) is 46.8 Å². The molecule has 1 saturated heterocycles. The number of hydrogen-bond acceptors (Lipinski definition) is 5. The van der Waals surface area contributed by atoms with E-state index >= 15 is 4.39 Å². The lowest BCUT2D eigenvalue weighted by atomic mass is 9.51. The number of nitrogens with one attached hydrogen (secondary N) is 1. The number of fused-ring (bicyclic) bond motifs is 3. The van der Waals surface area contributed by atoms with Crippen LogP contribution in [-0.2, 0) is 24.5 Å². The minimum absolute atomic E-state index is 0.0371. The fraction of sp³-hybridized carbons (Fsp3) is 0.576. The van der Waals surface area contributed by atoms with Gasteiger partial charge in [0, 0.05) is 35.2 Å². The van der Waals surface area contributed by atoms with Gasteiger partial charge in [-0.25, -0.2) is 9.37 Å². The fourth-order valence-corrected chi connectivity index (χ4v) is 8.96. The Hall–Kier alpha value is -2.55. The van der Waals surface area contributed by atoms with Crippen molar-refractivity contribution in [1.29, 1.82) is 0 Å². The second kappa shape index (κ2) is 10.5. The van der Waals surface area contributed by atoms with Crippen molar-refractivity contribution < 1.29 is 23.5 Å². The van der Waals surface area contributed by atoms with Crippen molar-refractivity contribution in [1.82, 2.24) is 4.98 Å². The second-order valence-corrected chi connectivity index (χ2v) is 15.0. The highest BCUT2D eigenvalue weighted by molar-refractivity contribution is 6.31. The van der Waals surface area contributed by atoms with E-state index in [1.54, 1.807) is 25.1 Å². The van der Waals surface area contributed by atoms with Gasteiger partial charge in [0.15, 0.2) is 11.0 Å². The Bertz CT molecular complexity index is 1490. The molecule has 2 saturated carbocycles. The van der Waals surface area contributed by atoms with Gasteiger partial charge in [-0.05, 0) is 97.9 Å². The molecule has 6 rings (SSSR count). The molecule has 1 aromatic heterocycles. The minimum Gasteiger partial charge on any atom is -0.367 e. The number of aromatic nitrogens is 1. The SMILES string of the molecule is CC1(C)CCC2(CC1)C[C@@H](C(=O)C[C@@H]1CCC(C)(C(N)=O)OC1)[C@H](c1ccnc(Cl)c1F)[C@]21C(=O)Nc2cc(Cl)ccc21. The van der Waals surface area contributed by atoms with Crippen LogP contribution >= 0.6 is 23.2 Å². The van der Waals surface area contributed by atoms with Gasteiger partial charge in [0.05, 0.1) is 12.0 Å². The molecule has 2 aliphatic heterocycles. The summed E-state index contributed by atoms with van der Waals surface area (Å²) in [4.78, 5) is 44.9. The Morgan fingerprint density at radius 2 is 1.84 bits per heavy atom. The van der Waals surface area contributed by atoms with Gasteiger partial charge in [-0.15, -0.1) is 0 Å². The van der Waals surface area contributed by atoms with Crippen molar-refractivity contribution in [2.24, 2.45) is 28.4 Å². The summed E-state index contributed by atoms with van der Waals surface area (Å²) in [6.45, 7) is 6.37. The van der Waals surface area contributed by atoms with E-state index < -0.39 is 40.0 Å². The molecule has 3 fully saturated rings. The van der Waals surface area contributed by atoms with Crippen LogP contribution in [0.5, 0.6) is 0 Å². The van der Waals surface area contributed by atoms with Crippen LogP contribution in [0.25, 0.3) is 0 Å². The van der Waals surface area contributed by atoms with E-state index in [1.807, 2.05) is 6.07 Å². The van der Waals surface area contributed by atoms with Crippen LogP contribution in [0.2, 0.25) is 10.2 Å². The first-order valence-electron chi connectivity index (χ1n) is 15.1. The molecule has 2 spiro atoms. The van der Waals surface area contributed by atoms with Crippen LogP contribution in [0.1, 0.15) is 89.2 Å². The third-order valence-electron chi connectivity index (χ3n) is 11.2. The number of benzene rings is 1. The van der Waals surface area contributed by atoms with E-state index in [9.17, 15) is 14.4 Å². The molecule has 230 valence electrons. The smallest absolute Gasteiger partial charge is 0.249 e. The Morgan fingerprint density at radius 3 is 2.49 bits per heavy atom. The molecule has 7 nitrogen and oxygen atoms in total. The second-order valence-electron chi connectivity index (χ2n) is 14.2. The number of ether oxygens (including phenoxy) is 1. The number of nitrogens with two attached hydrogens (primary N) is 1. The number of ketones is 1. The fourth-order valence-electron chi connectivity index (χ4n) is 8.63. The van der Waals surface area contributed by atoms with Crippen molar-refractivity contribution in [2.75, 3.05) is 11.9 Å². The first kappa shape index (κ1) is 30.5. The number of primary amides is 1. The highest BCUT2D eigenvalue weighted by atomic mass is 35.5. The number of nitrogens with zero attached hydrogens (tertiary/aromatic N) is 1. The van der Waals surface area contributed by atoms with E-state index in [4.69, 9.17) is 33.7 Å². The summed E-state index contributed by atoms with van der Waals surface area (Å²) in [7, 11) is 0. The Kier molecular flexibility index (Phi) is 7.46. The summed E-state index contributed by atoms with van der Waals surface area (Å²) in [5, 5.41) is 3.28. The summed E-state index contributed by atoms with van der Waals surface area (Å²) in [6, 6.07) is 6.95. The van der Waals surface area contributed by atoms with Crippen molar-refractivity contribution in [3.8, 4) is 0 Å². The minimum atomic E-state index is -1.21. The Labute approximate surface area is 261 Å². The molecule has 0 bridgehead atoms. The molecule has 2 amide bonds. The Balaban J connectivity index is 1.48. The van der Waals surface area contributed by atoms with Gasteiger partial charge >= 0.3 is 0 Å². The van der Waals surface area contributed by atoms with Crippen LogP contribution in [-0.4, -0.2) is 34.8 Å². The number of carbonyl (C=O) groups excluding carboxylic acids is 3. The van der Waals surface area contributed by atoms with Gasteiger partial charge in [0.2, 0.25) is 11.8 Å². The van der Waals surface area contributed by atoms with Crippen LogP contribution in [0.4, 0.5) is 10.1 Å². The average molecular weight is 631 g/mol. The molecule has 2 aliphatic carbocycles. The maximum Gasteiger partial charge on any atom is 0.249 e. The topological polar surface area (TPSA) is 111 Å². The predicted molar refractivity (Wildman–Crippen MR) is 162 cm³/mol. The standard InChI is InChI=1S/C33H38Cl2FN3O4/c1-30(2)9-11-32(12-10-30)16-21(24(40)14-18-6-8-31(3,28(37)41)43-17-18)25(20-7-13-38-27(35)26(20)36)33(32)22-5-4-19(34)15-23(22)39-29(33)42/h4-5,7,13,15,18,21,25H,6,8-12,14,16-17H2,1-3H3,(H2,37,41)(H,39,42)/t18-,21-,25-,31?,33+/m0/s1. The molecule has 3 N–H and O–H groups in total. The molecule has 2 aromatic rings. The lowest BCUT2D eigenvalue weighted by Gasteiger charge is -2.51. The third-order valence-corrected chi connectivity index (χ3v) is 11.7. The number of Topliss-reactive ketones (excluding diaryl/α,β-unsaturated/α-hetero) is 1. The van der Waals surface area contributed by atoms with Gasteiger partial charge in [0.25, 0.3) is 0 Å². The molecule has 1 unspecified atom stereocenters. The number of halogens is 3. The van der Waals surface area contributed by atoms with Crippen molar-refractivity contribution >= 4 is 46.5 Å². The van der Waals surface area contributed by atoms with Crippen molar-refractivity contribution in [3.63, 3.8) is 0 Å². The lowest BCUT2D eigenvalue weighted by Crippen LogP contribution is -2.52. The summed E-state index contributed by atoms with van der Waals surface area (Å²) in [6.07, 6.45) is 6.31. The molecule has 1 aromatic carbocycles. The maximum atomic E-state index is 16.1. The number of rotatable bonds is 5. The first-order valence-corrected chi connectivity index (χ1v) is 15.9. The van der Waals surface area contributed by atoms with Gasteiger partial charge in [-0.2, -0.15) is 0 Å². The molecule has 4 aliphatic rings. The molecule has 10 heteroatoms. The number of hydrogen-bond donors (Lipinski definition) is 2. The number of pyridine rings is 1. The number of amides is 2. The highest BCUT2D eigenvalue weighted by Crippen LogP contribution is 2.72. The summed E-state index contributed by atoms with van der Waals surface area (Å²) >= 11 is 12.6. The quantitative estimate of drug-likeness (QED) is 0.356.